The molecule has 0 fully saturated rings. The number of nitrogens with two attached hydrogens (primary N) is 1. The Kier molecular flexibility index (Phi) is 6.52. The van der Waals surface area contributed by atoms with Crippen molar-refractivity contribution in [3.63, 3.8) is 0 Å². The Labute approximate surface area is 167 Å². The van der Waals surface area contributed by atoms with Gasteiger partial charge in [-0.25, -0.2) is 13.2 Å². The van der Waals surface area contributed by atoms with E-state index in [0.717, 1.165) is 10.4 Å². The molecular weight excluding hydrogens is 408 g/mol. The molecule has 8 nitrogen and oxygen atoms in total. The van der Waals surface area contributed by atoms with Crippen molar-refractivity contribution in [2.75, 3.05) is 18.5 Å². The number of halogens is 1. The topological polar surface area (TPSA) is 116 Å². The molecule has 0 spiro atoms. The molecule has 1 amide bonds. The first-order valence-corrected chi connectivity index (χ1v) is 9.83. The molecule has 0 saturated carbocycles. The molecule has 0 aliphatic rings. The molecule has 1 atom stereocenters. The average molecular weight is 427 g/mol. The van der Waals surface area contributed by atoms with E-state index < -0.39 is 28.0 Å². The van der Waals surface area contributed by atoms with Crippen LogP contribution in [0.3, 0.4) is 0 Å². The quantitative estimate of drug-likeness (QED) is 0.678. The van der Waals surface area contributed by atoms with Gasteiger partial charge in [-0.2, -0.15) is 0 Å². The zero-order chi connectivity index (χ0) is 21.1. The van der Waals surface area contributed by atoms with Gasteiger partial charge in [0.2, 0.25) is 0 Å². The molecule has 2 aromatic rings. The predicted molar refractivity (Wildman–Crippen MR) is 104 cm³/mol. The van der Waals surface area contributed by atoms with Gasteiger partial charge in [0.15, 0.2) is 6.10 Å². The van der Waals surface area contributed by atoms with Gasteiger partial charge < -0.3 is 15.2 Å². The Balaban J connectivity index is 2.44. The lowest BCUT2D eigenvalue weighted by Gasteiger charge is -2.22. The van der Waals surface area contributed by atoms with Crippen LogP contribution in [0.2, 0.25) is 5.02 Å². The number of benzene rings is 2. The van der Waals surface area contributed by atoms with Gasteiger partial charge in [-0.05, 0) is 37.3 Å². The standard InChI is InChI=1S/C18H19ClN2O6S/c1-11(17(20)22)27-18(23)13-10-12(8-9-14(13)19)28(24,25)21(2)15-6-4-5-7-16(15)26-3/h4-11H,1-3H3,(H2,20,22)/t11-/m0/s1. The maximum Gasteiger partial charge on any atom is 0.340 e. The van der Waals surface area contributed by atoms with Crippen LogP contribution in [0.15, 0.2) is 47.4 Å². The highest BCUT2D eigenvalue weighted by Crippen LogP contribution is 2.32. The Bertz CT molecular complexity index is 1010. The number of sulfonamides is 1. The molecule has 0 unspecified atom stereocenters. The number of carbonyl (C=O) groups is 2. The molecule has 150 valence electrons. The highest BCUT2D eigenvalue weighted by atomic mass is 35.5. The number of carbonyl (C=O) groups excluding carboxylic acids is 2. The number of hydrogen-bond acceptors (Lipinski definition) is 6. The monoisotopic (exact) mass is 426 g/mol. The van der Waals surface area contributed by atoms with E-state index in [1.807, 2.05) is 0 Å². The highest BCUT2D eigenvalue weighted by molar-refractivity contribution is 7.92. The fraction of sp³-hybridized carbons (Fsp3) is 0.222. The number of rotatable bonds is 7. The minimum atomic E-state index is -4.05. The van der Waals surface area contributed by atoms with Gasteiger partial charge in [-0.15, -0.1) is 0 Å². The molecule has 0 heterocycles. The number of para-hydroxylation sites is 2. The third-order valence-electron chi connectivity index (χ3n) is 3.93. The van der Waals surface area contributed by atoms with Crippen LogP contribution in [0, 0.1) is 0 Å². The van der Waals surface area contributed by atoms with Gasteiger partial charge in [-0.3, -0.25) is 9.10 Å². The average Bonchev–Trinajstić information content (AvgIpc) is 2.67. The summed E-state index contributed by atoms with van der Waals surface area (Å²) in [6, 6.07) is 10.2. The zero-order valence-electron chi connectivity index (χ0n) is 15.4. The summed E-state index contributed by atoms with van der Waals surface area (Å²) < 4.78 is 37.2. The fourth-order valence-corrected chi connectivity index (χ4v) is 3.71. The number of nitrogens with zero attached hydrogens (tertiary/aromatic N) is 1. The largest absolute Gasteiger partial charge is 0.495 e. The molecule has 0 aliphatic carbocycles. The maximum absolute atomic E-state index is 13.0. The number of ether oxygens (including phenoxy) is 2. The van der Waals surface area contributed by atoms with Gasteiger partial charge in [0.05, 0.1) is 28.3 Å². The van der Waals surface area contributed by atoms with Gasteiger partial charge in [0.1, 0.15) is 5.75 Å². The second-order valence-corrected chi connectivity index (χ2v) is 8.11. The van der Waals surface area contributed by atoms with Crippen molar-refractivity contribution in [1.29, 1.82) is 0 Å². The Morgan fingerprint density at radius 2 is 1.82 bits per heavy atom. The summed E-state index contributed by atoms with van der Waals surface area (Å²) in [5, 5.41) is -0.0273. The van der Waals surface area contributed by atoms with Gasteiger partial charge >= 0.3 is 5.97 Å². The Hall–Kier alpha value is -2.78. The first kappa shape index (κ1) is 21.5. The lowest BCUT2D eigenvalue weighted by atomic mass is 10.2. The molecule has 0 aromatic heterocycles. The Morgan fingerprint density at radius 3 is 2.43 bits per heavy atom. The van der Waals surface area contributed by atoms with Crippen molar-refractivity contribution < 1.29 is 27.5 Å². The normalized spacial score (nSPS) is 12.1. The van der Waals surface area contributed by atoms with Crippen molar-refractivity contribution in [2.24, 2.45) is 5.73 Å². The molecule has 2 N–H and O–H groups in total. The number of anilines is 1. The summed E-state index contributed by atoms with van der Waals surface area (Å²) in [6.07, 6.45) is -1.19. The first-order chi connectivity index (χ1) is 13.1. The molecule has 0 aliphatic heterocycles. The third kappa shape index (κ3) is 4.37. The molecular formula is C18H19ClN2O6S. The van der Waals surface area contributed by atoms with Gasteiger partial charge in [0.25, 0.3) is 15.9 Å². The highest BCUT2D eigenvalue weighted by Gasteiger charge is 2.26. The van der Waals surface area contributed by atoms with E-state index in [2.05, 4.69) is 0 Å². The van der Waals surface area contributed by atoms with E-state index in [1.54, 1.807) is 24.3 Å². The van der Waals surface area contributed by atoms with Crippen LogP contribution >= 0.6 is 11.6 Å². The third-order valence-corrected chi connectivity index (χ3v) is 6.02. The van der Waals surface area contributed by atoms with E-state index in [1.165, 1.54) is 33.2 Å². The van der Waals surface area contributed by atoms with Crippen molar-refractivity contribution in [2.45, 2.75) is 17.9 Å². The van der Waals surface area contributed by atoms with Crippen LogP contribution in [-0.2, 0) is 19.6 Å². The first-order valence-electron chi connectivity index (χ1n) is 8.01. The van der Waals surface area contributed by atoms with Crippen molar-refractivity contribution >= 4 is 39.2 Å². The number of methoxy groups -OCH3 is 1. The lowest BCUT2D eigenvalue weighted by molar-refractivity contribution is -0.125. The zero-order valence-corrected chi connectivity index (χ0v) is 17.0. The summed E-state index contributed by atoms with van der Waals surface area (Å²) in [7, 11) is -1.26. The molecule has 2 rings (SSSR count). The molecule has 0 saturated heterocycles. The Morgan fingerprint density at radius 1 is 1.18 bits per heavy atom. The number of primary amides is 1. The summed E-state index contributed by atoms with van der Waals surface area (Å²) in [5.41, 5.74) is 5.17. The molecule has 10 heteroatoms. The van der Waals surface area contributed by atoms with Crippen LogP contribution in [-0.4, -0.2) is 40.6 Å². The van der Waals surface area contributed by atoms with Crippen molar-refractivity contribution in [3.8, 4) is 5.75 Å². The van der Waals surface area contributed by atoms with E-state index >= 15 is 0 Å². The summed E-state index contributed by atoms with van der Waals surface area (Å²) in [5.74, 6) is -1.45. The minimum absolute atomic E-state index is 0.0273. The van der Waals surface area contributed by atoms with E-state index in [0.29, 0.717) is 11.4 Å². The predicted octanol–water partition coefficient (Wildman–Crippen LogP) is 2.20. The second kappa shape index (κ2) is 8.49. The number of amides is 1. The van der Waals surface area contributed by atoms with E-state index in [9.17, 15) is 18.0 Å². The molecule has 0 radical (unpaired) electrons. The number of esters is 1. The summed E-state index contributed by atoms with van der Waals surface area (Å²) in [6.45, 7) is 1.30. The van der Waals surface area contributed by atoms with Crippen molar-refractivity contribution in [1.82, 2.24) is 0 Å². The second-order valence-electron chi connectivity index (χ2n) is 5.74. The molecule has 0 bridgehead atoms. The number of hydrogen-bond donors (Lipinski definition) is 1. The van der Waals surface area contributed by atoms with Gasteiger partial charge in [0, 0.05) is 7.05 Å². The van der Waals surface area contributed by atoms with Crippen LogP contribution in [0.25, 0.3) is 0 Å². The van der Waals surface area contributed by atoms with E-state index in [4.69, 9.17) is 26.8 Å². The SMILES string of the molecule is COc1ccccc1N(C)S(=O)(=O)c1ccc(Cl)c(C(=O)O[C@@H](C)C(N)=O)c1. The minimum Gasteiger partial charge on any atom is -0.495 e. The van der Waals surface area contributed by atoms with Gasteiger partial charge in [-0.1, -0.05) is 23.7 Å². The van der Waals surface area contributed by atoms with Crippen LogP contribution in [0.1, 0.15) is 17.3 Å². The van der Waals surface area contributed by atoms with E-state index in [-0.39, 0.29) is 15.5 Å². The smallest absolute Gasteiger partial charge is 0.340 e. The summed E-state index contributed by atoms with van der Waals surface area (Å²) >= 11 is 6.00. The van der Waals surface area contributed by atoms with Crippen LogP contribution in [0.4, 0.5) is 5.69 Å². The lowest BCUT2D eigenvalue weighted by Crippen LogP contribution is -2.31. The molecule has 2 aromatic carbocycles. The fourth-order valence-electron chi connectivity index (χ4n) is 2.28. The summed E-state index contributed by atoms with van der Waals surface area (Å²) in [4.78, 5) is 23.1. The molecule has 28 heavy (non-hydrogen) atoms. The van der Waals surface area contributed by atoms with Crippen molar-refractivity contribution in [3.05, 3.63) is 53.1 Å². The van der Waals surface area contributed by atoms with Crippen LogP contribution in [0.5, 0.6) is 5.75 Å². The van der Waals surface area contributed by atoms with Crippen LogP contribution < -0.4 is 14.8 Å². The maximum atomic E-state index is 13.0.